The summed E-state index contributed by atoms with van der Waals surface area (Å²) >= 11 is 0. The van der Waals surface area contributed by atoms with Crippen molar-refractivity contribution < 1.29 is 4.74 Å². The van der Waals surface area contributed by atoms with Crippen molar-refractivity contribution in [2.45, 2.75) is 25.8 Å². The summed E-state index contributed by atoms with van der Waals surface area (Å²) in [4.78, 5) is 0. The average molecular weight is 243 g/mol. The fourth-order valence-corrected chi connectivity index (χ4v) is 2.23. The first-order chi connectivity index (χ1) is 8.81. The molecular weight excluding hydrogens is 222 g/mol. The van der Waals surface area contributed by atoms with E-state index in [1.165, 1.54) is 16.3 Å². The minimum Gasteiger partial charge on any atom is -0.382 e. The first-order valence-electron chi connectivity index (χ1n) is 6.61. The molecule has 1 atom stereocenters. The molecule has 18 heavy (non-hydrogen) atoms. The van der Waals surface area contributed by atoms with Gasteiger partial charge >= 0.3 is 0 Å². The smallest absolute Gasteiger partial charge is 0.0480 e. The summed E-state index contributed by atoms with van der Waals surface area (Å²) in [5.74, 6) is 0. The number of fused-ring (bicyclic) bond motifs is 1. The number of nitrogens with two attached hydrogens (primary N) is 1. The highest BCUT2D eigenvalue weighted by atomic mass is 16.5. The number of rotatable bonds is 6. The third kappa shape index (κ3) is 3.31. The van der Waals surface area contributed by atoms with Gasteiger partial charge in [-0.15, -0.1) is 0 Å². The number of benzene rings is 2. The Morgan fingerprint density at radius 2 is 1.89 bits per heavy atom. The molecule has 0 amide bonds. The van der Waals surface area contributed by atoms with E-state index in [4.69, 9.17) is 10.5 Å². The molecule has 0 saturated carbocycles. The van der Waals surface area contributed by atoms with Crippen molar-refractivity contribution in [3.05, 3.63) is 48.0 Å². The summed E-state index contributed by atoms with van der Waals surface area (Å²) in [5.41, 5.74) is 7.49. The van der Waals surface area contributed by atoms with Gasteiger partial charge in [0.1, 0.15) is 0 Å². The molecule has 0 radical (unpaired) electrons. The third-order valence-corrected chi connectivity index (χ3v) is 3.20. The zero-order chi connectivity index (χ0) is 12.8. The second-order valence-electron chi connectivity index (χ2n) is 4.59. The standard InChI is InChI=1S/C16H21NO/c1-2-18-11-10-15(17)12-14-8-5-7-13-6-3-4-9-16(13)14/h3-9,15H,2,10-12,17H2,1H3. The van der Waals surface area contributed by atoms with E-state index in [9.17, 15) is 0 Å². The molecule has 0 spiro atoms. The van der Waals surface area contributed by atoms with Crippen LogP contribution in [0.3, 0.4) is 0 Å². The molecule has 2 aromatic carbocycles. The second-order valence-corrected chi connectivity index (χ2v) is 4.59. The van der Waals surface area contributed by atoms with Gasteiger partial charge in [-0.3, -0.25) is 0 Å². The van der Waals surface area contributed by atoms with Gasteiger partial charge in [0.2, 0.25) is 0 Å². The summed E-state index contributed by atoms with van der Waals surface area (Å²) in [6.45, 7) is 3.53. The Labute approximate surface area is 109 Å². The van der Waals surface area contributed by atoms with Gasteiger partial charge in [0.25, 0.3) is 0 Å². The lowest BCUT2D eigenvalue weighted by Crippen LogP contribution is -2.24. The maximum Gasteiger partial charge on any atom is 0.0480 e. The van der Waals surface area contributed by atoms with E-state index in [0.29, 0.717) is 0 Å². The summed E-state index contributed by atoms with van der Waals surface area (Å²) in [5, 5.41) is 2.60. The molecule has 0 aliphatic rings. The zero-order valence-corrected chi connectivity index (χ0v) is 10.9. The molecule has 0 fully saturated rings. The van der Waals surface area contributed by atoms with Gasteiger partial charge in [0.15, 0.2) is 0 Å². The Hall–Kier alpha value is -1.38. The van der Waals surface area contributed by atoms with Crippen molar-refractivity contribution in [1.29, 1.82) is 0 Å². The van der Waals surface area contributed by atoms with Crippen molar-refractivity contribution in [2.75, 3.05) is 13.2 Å². The van der Waals surface area contributed by atoms with Crippen LogP contribution >= 0.6 is 0 Å². The molecule has 2 aromatic rings. The molecule has 2 rings (SSSR count). The minimum absolute atomic E-state index is 0.169. The van der Waals surface area contributed by atoms with Gasteiger partial charge in [-0.25, -0.2) is 0 Å². The van der Waals surface area contributed by atoms with E-state index in [0.717, 1.165) is 26.1 Å². The summed E-state index contributed by atoms with van der Waals surface area (Å²) in [7, 11) is 0. The largest absolute Gasteiger partial charge is 0.382 e. The van der Waals surface area contributed by atoms with Crippen molar-refractivity contribution >= 4 is 10.8 Å². The van der Waals surface area contributed by atoms with E-state index in [1.54, 1.807) is 0 Å². The van der Waals surface area contributed by atoms with Crippen LogP contribution in [0.5, 0.6) is 0 Å². The van der Waals surface area contributed by atoms with Crippen molar-refractivity contribution in [3.63, 3.8) is 0 Å². The number of hydrogen-bond acceptors (Lipinski definition) is 2. The SMILES string of the molecule is CCOCCC(N)Cc1cccc2ccccc12. The van der Waals surface area contributed by atoms with Gasteiger partial charge in [-0.05, 0) is 36.1 Å². The minimum atomic E-state index is 0.169. The topological polar surface area (TPSA) is 35.2 Å². The predicted octanol–water partition coefficient (Wildman–Crippen LogP) is 3.14. The maximum atomic E-state index is 6.16. The van der Waals surface area contributed by atoms with Crippen LogP contribution in [-0.4, -0.2) is 19.3 Å². The lowest BCUT2D eigenvalue weighted by Gasteiger charge is -2.13. The molecule has 2 N–H and O–H groups in total. The Balaban J connectivity index is 2.07. The van der Waals surface area contributed by atoms with Crippen LogP contribution in [0.4, 0.5) is 0 Å². The summed E-state index contributed by atoms with van der Waals surface area (Å²) in [6, 6.07) is 15.0. The molecule has 2 heteroatoms. The Bertz CT molecular complexity index is 490. The predicted molar refractivity (Wildman–Crippen MR) is 76.7 cm³/mol. The molecule has 2 nitrogen and oxygen atoms in total. The molecular formula is C16H21NO. The van der Waals surface area contributed by atoms with Crippen LogP contribution in [0.1, 0.15) is 18.9 Å². The quantitative estimate of drug-likeness (QED) is 0.791. The first-order valence-corrected chi connectivity index (χ1v) is 6.61. The summed E-state index contributed by atoms with van der Waals surface area (Å²) < 4.78 is 5.35. The fourth-order valence-electron chi connectivity index (χ4n) is 2.23. The highest BCUT2D eigenvalue weighted by molar-refractivity contribution is 5.85. The highest BCUT2D eigenvalue weighted by Crippen LogP contribution is 2.19. The third-order valence-electron chi connectivity index (χ3n) is 3.20. The maximum absolute atomic E-state index is 6.16. The van der Waals surface area contributed by atoms with Gasteiger partial charge in [0.05, 0.1) is 0 Å². The van der Waals surface area contributed by atoms with E-state index in [1.807, 2.05) is 6.92 Å². The van der Waals surface area contributed by atoms with Gasteiger partial charge in [0, 0.05) is 19.3 Å². The van der Waals surface area contributed by atoms with Crippen LogP contribution < -0.4 is 5.73 Å². The van der Waals surface area contributed by atoms with Crippen molar-refractivity contribution in [3.8, 4) is 0 Å². The lowest BCUT2D eigenvalue weighted by atomic mass is 9.98. The first kappa shape index (κ1) is 13.1. The molecule has 1 unspecified atom stereocenters. The van der Waals surface area contributed by atoms with Crippen LogP contribution in [-0.2, 0) is 11.2 Å². The molecule has 0 aliphatic carbocycles. The van der Waals surface area contributed by atoms with Crippen LogP contribution in [0.2, 0.25) is 0 Å². The van der Waals surface area contributed by atoms with E-state index < -0.39 is 0 Å². The molecule has 96 valence electrons. The number of ether oxygens (including phenoxy) is 1. The number of hydrogen-bond donors (Lipinski definition) is 1. The molecule has 0 bridgehead atoms. The van der Waals surface area contributed by atoms with Crippen molar-refractivity contribution in [2.24, 2.45) is 5.73 Å². The van der Waals surface area contributed by atoms with E-state index >= 15 is 0 Å². The Kier molecular flexibility index (Phi) is 4.73. The highest BCUT2D eigenvalue weighted by Gasteiger charge is 2.06. The van der Waals surface area contributed by atoms with Crippen LogP contribution in [0.15, 0.2) is 42.5 Å². The van der Waals surface area contributed by atoms with Crippen LogP contribution in [0.25, 0.3) is 10.8 Å². The lowest BCUT2D eigenvalue weighted by molar-refractivity contribution is 0.140. The van der Waals surface area contributed by atoms with Crippen LogP contribution in [0, 0.1) is 0 Å². The molecule has 0 heterocycles. The second kappa shape index (κ2) is 6.53. The normalized spacial score (nSPS) is 12.8. The zero-order valence-electron chi connectivity index (χ0n) is 10.9. The fraction of sp³-hybridized carbons (Fsp3) is 0.375. The molecule has 0 aromatic heterocycles. The average Bonchev–Trinajstić information content (AvgIpc) is 2.39. The van der Waals surface area contributed by atoms with Gasteiger partial charge in [-0.2, -0.15) is 0 Å². The van der Waals surface area contributed by atoms with Crippen molar-refractivity contribution in [1.82, 2.24) is 0 Å². The van der Waals surface area contributed by atoms with E-state index in [2.05, 4.69) is 42.5 Å². The monoisotopic (exact) mass is 243 g/mol. The van der Waals surface area contributed by atoms with Gasteiger partial charge < -0.3 is 10.5 Å². The Morgan fingerprint density at radius 1 is 1.11 bits per heavy atom. The summed E-state index contributed by atoms with van der Waals surface area (Å²) in [6.07, 6.45) is 1.82. The van der Waals surface area contributed by atoms with Gasteiger partial charge in [-0.1, -0.05) is 42.5 Å². The van der Waals surface area contributed by atoms with E-state index in [-0.39, 0.29) is 6.04 Å². The Morgan fingerprint density at radius 3 is 2.72 bits per heavy atom. The molecule has 0 saturated heterocycles. The molecule has 0 aliphatic heterocycles.